The summed E-state index contributed by atoms with van der Waals surface area (Å²) in [7, 11) is -1.64. The summed E-state index contributed by atoms with van der Waals surface area (Å²) in [6.07, 6.45) is 0. The second-order valence-electron chi connectivity index (χ2n) is 5.96. The van der Waals surface area contributed by atoms with Crippen LogP contribution in [-0.4, -0.2) is 49.5 Å². The molecule has 3 rings (SSSR count). The predicted octanol–water partition coefficient (Wildman–Crippen LogP) is 1.97. The van der Waals surface area contributed by atoms with Gasteiger partial charge in [0.2, 0.25) is 10.0 Å². The molecule has 124 valence electrons. The summed E-state index contributed by atoms with van der Waals surface area (Å²) < 4.78 is 33.0. The van der Waals surface area contributed by atoms with E-state index in [1.807, 2.05) is 37.4 Å². The van der Waals surface area contributed by atoms with Gasteiger partial charge < -0.3 is 9.42 Å². The van der Waals surface area contributed by atoms with Crippen molar-refractivity contribution in [1.29, 1.82) is 0 Å². The zero-order chi connectivity index (χ0) is 16.6. The minimum Gasteiger partial charge on any atom is -0.360 e. The van der Waals surface area contributed by atoms with Crippen LogP contribution in [0.4, 0.5) is 0 Å². The highest BCUT2D eigenvalue weighted by Gasteiger charge is 2.38. The molecular formula is C16H21N3O3S. The summed E-state index contributed by atoms with van der Waals surface area (Å²) in [6.45, 7) is 5.11. The van der Waals surface area contributed by atoms with Gasteiger partial charge in [0, 0.05) is 19.6 Å². The molecule has 1 aliphatic rings. The van der Waals surface area contributed by atoms with Crippen LogP contribution in [0.1, 0.15) is 23.1 Å². The smallest absolute Gasteiger partial charge is 0.249 e. The van der Waals surface area contributed by atoms with Crippen molar-refractivity contribution in [3.63, 3.8) is 0 Å². The van der Waals surface area contributed by atoms with Crippen LogP contribution in [0.3, 0.4) is 0 Å². The highest BCUT2D eigenvalue weighted by Crippen LogP contribution is 2.33. The number of hydrogen-bond donors (Lipinski definition) is 0. The van der Waals surface area contributed by atoms with Crippen molar-refractivity contribution >= 4 is 10.0 Å². The van der Waals surface area contributed by atoms with Gasteiger partial charge in [-0.3, -0.25) is 0 Å². The fraction of sp³-hybridized carbons (Fsp3) is 0.438. The van der Waals surface area contributed by atoms with Crippen molar-refractivity contribution in [3.8, 4) is 0 Å². The summed E-state index contributed by atoms with van der Waals surface area (Å²) in [5, 5.41) is 3.80. The molecular weight excluding hydrogens is 314 g/mol. The first-order chi connectivity index (χ1) is 10.9. The van der Waals surface area contributed by atoms with E-state index in [0.29, 0.717) is 31.1 Å². The Balaban J connectivity index is 2.05. The molecule has 1 aromatic carbocycles. The van der Waals surface area contributed by atoms with E-state index < -0.39 is 10.0 Å². The number of aromatic nitrogens is 1. The first-order valence-corrected chi connectivity index (χ1v) is 9.03. The monoisotopic (exact) mass is 335 g/mol. The number of rotatable bonds is 3. The maximum atomic E-state index is 13.2. The van der Waals surface area contributed by atoms with E-state index in [0.717, 1.165) is 5.56 Å². The molecule has 0 bridgehead atoms. The number of aryl methyl sites for hydroxylation is 2. The predicted molar refractivity (Wildman–Crippen MR) is 86.5 cm³/mol. The van der Waals surface area contributed by atoms with E-state index in [2.05, 4.69) is 10.1 Å². The highest BCUT2D eigenvalue weighted by molar-refractivity contribution is 7.89. The van der Waals surface area contributed by atoms with Gasteiger partial charge in [-0.25, -0.2) is 8.42 Å². The second-order valence-corrected chi connectivity index (χ2v) is 7.79. The Morgan fingerprint density at radius 2 is 1.87 bits per heavy atom. The largest absolute Gasteiger partial charge is 0.360 e. The SMILES string of the molecule is Cc1noc(C)c1S(=O)(=O)N1CCN(C)CC1c1ccccc1. The van der Waals surface area contributed by atoms with Gasteiger partial charge in [-0.05, 0) is 26.5 Å². The number of sulfonamides is 1. The average molecular weight is 335 g/mol. The zero-order valence-corrected chi connectivity index (χ0v) is 14.4. The van der Waals surface area contributed by atoms with Crippen LogP contribution in [0, 0.1) is 13.8 Å². The molecule has 1 unspecified atom stereocenters. The van der Waals surface area contributed by atoms with E-state index in [1.54, 1.807) is 18.2 Å². The molecule has 1 atom stereocenters. The first kappa shape index (κ1) is 16.2. The molecule has 0 amide bonds. The summed E-state index contributed by atoms with van der Waals surface area (Å²) in [5.41, 5.74) is 1.41. The Morgan fingerprint density at radius 1 is 1.17 bits per heavy atom. The standard InChI is InChI=1S/C16H21N3O3S/c1-12-16(13(2)22-17-12)23(20,21)19-10-9-18(3)11-15(19)14-7-5-4-6-8-14/h4-8,15H,9-11H2,1-3H3. The number of piperazine rings is 1. The number of likely N-dealkylation sites (N-methyl/N-ethyl adjacent to an activating group) is 1. The van der Waals surface area contributed by atoms with Crippen LogP contribution in [-0.2, 0) is 10.0 Å². The van der Waals surface area contributed by atoms with E-state index in [1.165, 1.54) is 0 Å². The molecule has 2 heterocycles. The molecule has 0 saturated carbocycles. The lowest BCUT2D eigenvalue weighted by Crippen LogP contribution is -2.49. The topological polar surface area (TPSA) is 66.7 Å². The average Bonchev–Trinajstić information content (AvgIpc) is 2.87. The van der Waals surface area contributed by atoms with Gasteiger partial charge in [-0.1, -0.05) is 35.5 Å². The molecule has 0 radical (unpaired) electrons. The molecule has 1 aliphatic heterocycles. The molecule has 0 N–H and O–H groups in total. The van der Waals surface area contributed by atoms with E-state index >= 15 is 0 Å². The maximum Gasteiger partial charge on any atom is 0.249 e. The minimum atomic E-state index is -3.65. The molecule has 2 aromatic rings. The van der Waals surface area contributed by atoms with E-state index in [-0.39, 0.29) is 10.9 Å². The number of benzene rings is 1. The van der Waals surface area contributed by atoms with Gasteiger partial charge in [-0.15, -0.1) is 0 Å². The van der Waals surface area contributed by atoms with Crippen molar-refractivity contribution in [2.75, 3.05) is 26.7 Å². The summed E-state index contributed by atoms with van der Waals surface area (Å²) in [4.78, 5) is 2.35. The van der Waals surface area contributed by atoms with Gasteiger partial charge in [0.1, 0.15) is 10.6 Å². The Morgan fingerprint density at radius 3 is 2.48 bits per heavy atom. The van der Waals surface area contributed by atoms with Crippen LogP contribution < -0.4 is 0 Å². The van der Waals surface area contributed by atoms with Gasteiger partial charge in [0.05, 0.1) is 6.04 Å². The van der Waals surface area contributed by atoms with E-state index in [9.17, 15) is 8.42 Å². The maximum absolute atomic E-state index is 13.2. The quantitative estimate of drug-likeness (QED) is 0.858. The van der Waals surface area contributed by atoms with Crippen LogP contribution in [0.15, 0.2) is 39.8 Å². The van der Waals surface area contributed by atoms with Gasteiger partial charge >= 0.3 is 0 Å². The Labute approximate surface area is 136 Å². The lowest BCUT2D eigenvalue weighted by molar-refractivity contribution is 0.160. The summed E-state index contributed by atoms with van der Waals surface area (Å²) in [6, 6.07) is 9.53. The third-order valence-corrected chi connectivity index (χ3v) is 6.41. The van der Waals surface area contributed by atoms with E-state index in [4.69, 9.17) is 4.52 Å². The zero-order valence-electron chi connectivity index (χ0n) is 13.6. The Kier molecular flexibility index (Phi) is 4.27. The minimum absolute atomic E-state index is 0.197. The molecule has 7 heteroatoms. The van der Waals surface area contributed by atoms with Crippen LogP contribution in [0.2, 0.25) is 0 Å². The molecule has 23 heavy (non-hydrogen) atoms. The molecule has 1 fully saturated rings. The summed E-state index contributed by atoms with van der Waals surface area (Å²) in [5.74, 6) is 0.341. The highest BCUT2D eigenvalue weighted by atomic mass is 32.2. The molecule has 6 nitrogen and oxygen atoms in total. The fourth-order valence-electron chi connectivity index (χ4n) is 3.10. The second kappa shape index (κ2) is 6.07. The van der Waals surface area contributed by atoms with Crippen LogP contribution in [0.5, 0.6) is 0 Å². The molecule has 1 saturated heterocycles. The van der Waals surface area contributed by atoms with Crippen molar-refractivity contribution in [3.05, 3.63) is 47.3 Å². The van der Waals surface area contributed by atoms with Gasteiger partial charge in [-0.2, -0.15) is 4.31 Å². The van der Waals surface area contributed by atoms with Crippen molar-refractivity contribution in [2.45, 2.75) is 24.8 Å². The molecule has 0 spiro atoms. The Bertz CT molecular complexity index is 767. The lowest BCUT2D eigenvalue weighted by atomic mass is 10.1. The third kappa shape index (κ3) is 2.91. The first-order valence-electron chi connectivity index (χ1n) is 7.59. The van der Waals surface area contributed by atoms with Crippen molar-refractivity contribution in [2.24, 2.45) is 0 Å². The summed E-state index contributed by atoms with van der Waals surface area (Å²) >= 11 is 0. The van der Waals surface area contributed by atoms with Crippen LogP contribution >= 0.6 is 0 Å². The molecule has 0 aliphatic carbocycles. The fourth-order valence-corrected chi connectivity index (χ4v) is 4.99. The Hall–Kier alpha value is -1.70. The van der Waals surface area contributed by atoms with Gasteiger partial charge in [0.15, 0.2) is 5.76 Å². The third-order valence-electron chi connectivity index (χ3n) is 4.25. The normalized spacial score (nSPS) is 20.7. The van der Waals surface area contributed by atoms with Crippen molar-refractivity contribution < 1.29 is 12.9 Å². The number of hydrogen-bond acceptors (Lipinski definition) is 5. The van der Waals surface area contributed by atoms with Gasteiger partial charge in [0.25, 0.3) is 0 Å². The lowest BCUT2D eigenvalue weighted by Gasteiger charge is -2.39. The van der Waals surface area contributed by atoms with Crippen LogP contribution in [0.25, 0.3) is 0 Å². The van der Waals surface area contributed by atoms with Crippen molar-refractivity contribution in [1.82, 2.24) is 14.4 Å². The number of nitrogens with zero attached hydrogens (tertiary/aromatic N) is 3. The molecule has 1 aromatic heterocycles.